The summed E-state index contributed by atoms with van der Waals surface area (Å²) in [5, 5.41) is 3.25. The summed E-state index contributed by atoms with van der Waals surface area (Å²) in [7, 11) is 1.87. The Morgan fingerprint density at radius 1 is 1.10 bits per heavy atom. The van der Waals surface area contributed by atoms with Gasteiger partial charge in [-0.2, -0.15) is 0 Å². The van der Waals surface area contributed by atoms with Crippen LogP contribution in [0.5, 0.6) is 11.5 Å². The topological polar surface area (TPSA) is 30.5 Å². The Balaban J connectivity index is 1.99. The number of ether oxygens (including phenoxy) is 2. The molecule has 2 aromatic carbocycles. The van der Waals surface area contributed by atoms with E-state index in [1.807, 2.05) is 25.2 Å². The molecule has 0 radical (unpaired) electrons. The Labute approximate surface area is 131 Å². The highest BCUT2D eigenvalue weighted by Gasteiger charge is 2.19. The van der Waals surface area contributed by atoms with Crippen molar-refractivity contribution in [3.63, 3.8) is 0 Å². The van der Waals surface area contributed by atoms with Crippen LogP contribution in [0.4, 0.5) is 4.39 Å². The summed E-state index contributed by atoms with van der Waals surface area (Å²) in [5.41, 5.74) is 2.00. The van der Waals surface area contributed by atoms with E-state index in [0.29, 0.717) is 13.2 Å². The van der Waals surface area contributed by atoms with Crippen LogP contribution in [0.2, 0.25) is 0 Å². The maximum Gasteiger partial charge on any atom is 0.161 e. The molecule has 1 N–H and O–H groups in total. The normalized spacial score (nSPS) is 14.8. The molecule has 1 unspecified atom stereocenters. The number of hydrogen-bond acceptors (Lipinski definition) is 3. The Kier molecular flexibility index (Phi) is 4.12. The predicted octanol–water partition coefficient (Wildman–Crippen LogP) is 3.67. The van der Waals surface area contributed by atoms with Gasteiger partial charge in [-0.15, -0.1) is 0 Å². The molecule has 5 heteroatoms. The highest BCUT2D eigenvalue weighted by Crippen LogP contribution is 2.36. The fourth-order valence-corrected chi connectivity index (χ4v) is 3.06. The average Bonchev–Trinajstić information content (AvgIpc) is 2.50. The van der Waals surface area contributed by atoms with Crippen molar-refractivity contribution in [2.75, 3.05) is 20.3 Å². The molecule has 0 aliphatic carbocycles. The van der Waals surface area contributed by atoms with Gasteiger partial charge in [-0.05, 0) is 42.4 Å². The molecule has 0 saturated carbocycles. The third-order valence-electron chi connectivity index (χ3n) is 3.46. The van der Waals surface area contributed by atoms with Crippen molar-refractivity contribution < 1.29 is 13.9 Å². The van der Waals surface area contributed by atoms with Crippen LogP contribution in [0, 0.1) is 5.82 Å². The lowest BCUT2D eigenvalue weighted by molar-refractivity contribution is 0.171. The van der Waals surface area contributed by atoms with Crippen LogP contribution in [-0.4, -0.2) is 20.3 Å². The van der Waals surface area contributed by atoms with Crippen molar-refractivity contribution in [3.8, 4) is 11.5 Å². The van der Waals surface area contributed by atoms with Crippen molar-refractivity contribution in [3.05, 3.63) is 57.8 Å². The van der Waals surface area contributed by atoms with Gasteiger partial charge in [0.25, 0.3) is 0 Å². The van der Waals surface area contributed by atoms with E-state index < -0.39 is 0 Å². The van der Waals surface area contributed by atoms with Gasteiger partial charge in [-0.1, -0.05) is 28.1 Å². The van der Waals surface area contributed by atoms with E-state index in [4.69, 9.17) is 9.47 Å². The van der Waals surface area contributed by atoms with Crippen molar-refractivity contribution in [1.29, 1.82) is 0 Å². The van der Waals surface area contributed by atoms with Gasteiger partial charge in [0.15, 0.2) is 11.5 Å². The summed E-state index contributed by atoms with van der Waals surface area (Å²) in [4.78, 5) is 0. The maximum absolute atomic E-state index is 13.3. The van der Waals surface area contributed by atoms with Crippen LogP contribution >= 0.6 is 15.9 Å². The van der Waals surface area contributed by atoms with Gasteiger partial charge in [0.1, 0.15) is 19.0 Å². The second-order valence-electron chi connectivity index (χ2n) is 4.79. The summed E-state index contributed by atoms with van der Waals surface area (Å²) < 4.78 is 25.1. The van der Waals surface area contributed by atoms with Crippen molar-refractivity contribution in [2.24, 2.45) is 0 Å². The molecule has 0 saturated heterocycles. The smallest absolute Gasteiger partial charge is 0.161 e. The molecule has 1 aliphatic heterocycles. The van der Waals surface area contributed by atoms with Gasteiger partial charge in [-0.25, -0.2) is 4.39 Å². The molecular weight excluding hydrogens is 337 g/mol. The Bertz CT molecular complexity index is 663. The van der Waals surface area contributed by atoms with Gasteiger partial charge >= 0.3 is 0 Å². The summed E-state index contributed by atoms with van der Waals surface area (Å²) in [6, 6.07) is 10.5. The zero-order valence-electron chi connectivity index (χ0n) is 11.5. The SMILES string of the molecule is CNC(c1ccc2c(c1)OCCO2)c1ccc(F)cc1Br. The molecule has 0 fully saturated rings. The molecule has 21 heavy (non-hydrogen) atoms. The van der Waals surface area contributed by atoms with Crippen LogP contribution in [0.25, 0.3) is 0 Å². The number of fused-ring (bicyclic) bond motifs is 1. The van der Waals surface area contributed by atoms with E-state index in [1.165, 1.54) is 12.1 Å². The second-order valence-corrected chi connectivity index (χ2v) is 5.64. The lowest BCUT2D eigenvalue weighted by atomic mass is 9.98. The fraction of sp³-hybridized carbons (Fsp3) is 0.250. The Morgan fingerprint density at radius 2 is 1.86 bits per heavy atom. The third kappa shape index (κ3) is 2.89. The lowest BCUT2D eigenvalue weighted by Crippen LogP contribution is -2.20. The van der Waals surface area contributed by atoms with Crippen LogP contribution in [0.15, 0.2) is 40.9 Å². The molecule has 3 rings (SSSR count). The summed E-state index contributed by atoms with van der Waals surface area (Å²) in [5.74, 6) is 1.25. The monoisotopic (exact) mass is 351 g/mol. The minimum atomic E-state index is -0.261. The molecule has 2 aromatic rings. The number of nitrogens with one attached hydrogen (secondary N) is 1. The van der Waals surface area contributed by atoms with Crippen LogP contribution in [-0.2, 0) is 0 Å². The molecular formula is C16H15BrFNO2. The minimum absolute atomic E-state index is 0.0594. The van der Waals surface area contributed by atoms with Crippen LogP contribution < -0.4 is 14.8 Å². The predicted molar refractivity (Wildman–Crippen MR) is 82.4 cm³/mol. The molecule has 0 spiro atoms. The Hall–Kier alpha value is -1.59. The standard InChI is InChI=1S/C16H15BrFNO2/c1-19-16(12-4-3-11(18)9-13(12)17)10-2-5-14-15(8-10)21-7-6-20-14/h2-5,8-9,16,19H,6-7H2,1H3. The number of rotatable bonds is 3. The molecule has 0 aromatic heterocycles. The second kappa shape index (κ2) is 6.03. The summed E-state index contributed by atoms with van der Waals surface area (Å²) >= 11 is 3.42. The number of hydrogen-bond donors (Lipinski definition) is 1. The van der Waals surface area contributed by atoms with E-state index in [2.05, 4.69) is 21.2 Å². The van der Waals surface area contributed by atoms with Crippen molar-refractivity contribution in [1.82, 2.24) is 5.32 Å². The lowest BCUT2D eigenvalue weighted by Gasteiger charge is -2.23. The van der Waals surface area contributed by atoms with E-state index in [9.17, 15) is 4.39 Å². The summed E-state index contributed by atoms with van der Waals surface area (Å²) in [6.45, 7) is 1.13. The van der Waals surface area contributed by atoms with Crippen molar-refractivity contribution in [2.45, 2.75) is 6.04 Å². The van der Waals surface area contributed by atoms with Gasteiger partial charge in [0, 0.05) is 4.47 Å². The molecule has 110 valence electrons. The van der Waals surface area contributed by atoms with Gasteiger partial charge in [-0.3, -0.25) is 0 Å². The molecule has 0 bridgehead atoms. The number of benzene rings is 2. The maximum atomic E-state index is 13.3. The third-order valence-corrected chi connectivity index (χ3v) is 4.15. The highest BCUT2D eigenvalue weighted by molar-refractivity contribution is 9.10. The molecule has 1 aliphatic rings. The fourth-order valence-electron chi connectivity index (χ4n) is 2.48. The van der Waals surface area contributed by atoms with Crippen LogP contribution in [0.1, 0.15) is 17.2 Å². The minimum Gasteiger partial charge on any atom is -0.486 e. The molecule has 1 heterocycles. The first-order chi connectivity index (χ1) is 10.2. The summed E-state index contributed by atoms with van der Waals surface area (Å²) in [6.07, 6.45) is 0. The zero-order chi connectivity index (χ0) is 14.8. The van der Waals surface area contributed by atoms with Crippen molar-refractivity contribution >= 4 is 15.9 Å². The van der Waals surface area contributed by atoms with E-state index in [-0.39, 0.29) is 11.9 Å². The van der Waals surface area contributed by atoms with Crippen LogP contribution in [0.3, 0.4) is 0 Å². The molecule has 0 amide bonds. The van der Waals surface area contributed by atoms with Gasteiger partial charge in [0.05, 0.1) is 6.04 Å². The van der Waals surface area contributed by atoms with Gasteiger partial charge in [0.2, 0.25) is 0 Å². The quantitative estimate of drug-likeness (QED) is 0.915. The average molecular weight is 352 g/mol. The first-order valence-electron chi connectivity index (χ1n) is 6.71. The number of halogens is 2. The Morgan fingerprint density at radius 3 is 2.57 bits per heavy atom. The largest absolute Gasteiger partial charge is 0.486 e. The van der Waals surface area contributed by atoms with E-state index in [0.717, 1.165) is 27.1 Å². The zero-order valence-corrected chi connectivity index (χ0v) is 13.1. The first kappa shape index (κ1) is 14.4. The molecule has 3 nitrogen and oxygen atoms in total. The van der Waals surface area contributed by atoms with E-state index >= 15 is 0 Å². The first-order valence-corrected chi connectivity index (χ1v) is 7.50. The van der Waals surface area contributed by atoms with Gasteiger partial charge < -0.3 is 14.8 Å². The highest BCUT2D eigenvalue weighted by atomic mass is 79.9. The van der Waals surface area contributed by atoms with E-state index in [1.54, 1.807) is 6.07 Å². The molecule has 1 atom stereocenters.